The first kappa shape index (κ1) is 19.7. The van der Waals surface area contributed by atoms with Crippen molar-refractivity contribution in [2.24, 2.45) is 5.73 Å². The highest BCUT2D eigenvalue weighted by Crippen LogP contribution is 2.29. The van der Waals surface area contributed by atoms with E-state index in [2.05, 4.69) is 24.3 Å². The molecule has 0 radical (unpaired) electrons. The summed E-state index contributed by atoms with van der Waals surface area (Å²) in [6.07, 6.45) is 1.94. The van der Waals surface area contributed by atoms with Gasteiger partial charge in [0.2, 0.25) is 5.91 Å². The third kappa shape index (κ3) is 4.51. The van der Waals surface area contributed by atoms with E-state index in [0.717, 1.165) is 25.9 Å². The number of primary amides is 1. The first-order chi connectivity index (χ1) is 14.6. The van der Waals surface area contributed by atoms with Gasteiger partial charge in [0.1, 0.15) is 11.5 Å². The summed E-state index contributed by atoms with van der Waals surface area (Å²) in [5.74, 6) is 1.20. The van der Waals surface area contributed by atoms with Crippen LogP contribution in [0.3, 0.4) is 0 Å². The highest BCUT2D eigenvalue weighted by Gasteiger charge is 2.24. The number of hydrogen-bond donors (Lipinski definition) is 1. The Morgan fingerprint density at radius 2 is 1.50 bits per heavy atom. The average Bonchev–Trinajstić information content (AvgIpc) is 2.80. The van der Waals surface area contributed by atoms with E-state index in [-0.39, 0.29) is 5.91 Å². The number of rotatable bonds is 5. The van der Waals surface area contributed by atoms with E-state index in [1.165, 1.54) is 5.56 Å². The largest absolute Gasteiger partial charge is 0.457 e. The molecule has 3 aromatic carbocycles. The van der Waals surface area contributed by atoms with Crippen molar-refractivity contribution < 1.29 is 14.3 Å². The molecule has 30 heavy (non-hydrogen) atoms. The van der Waals surface area contributed by atoms with E-state index in [1.54, 1.807) is 36.4 Å². The van der Waals surface area contributed by atoms with Crippen LogP contribution in [0.15, 0.2) is 78.9 Å². The fourth-order valence-electron chi connectivity index (χ4n) is 3.84. The number of hydrogen-bond acceptors (Lipinski definition) is 3. The van der Waals surface area contributed by atoms with Crippen LogP contribution in [0.5, 0.6) is 11.5 Å². The molecule has 152 valence electrons. The third-order valence-electron chi connectivity index (χ3n) is 5.51. The minimum atomic E-state index is -0.481. The second-order valence-electron chi connectivity index (χ2n) is 7.50. The van der Waals surface area contributed by atoms with Crippen molar-refractivity contribution in [2.45, 2.75) is 18.8 Å². The summed E-state index contributed by atoms with van der Waals surface area (Å²) in [6.45, 7) is 1.50. The maximum absolute atomic E-state index is 13.0. The van der Waals surface area contributed by atoms with Crippen LogP contribution in [-0.2, 0) is 0 Å². The van der Waals surface area contributed by atoms with Crippen LogP contribution in [-0.4, -0.2) is 29.8 Å². The lowest BCUT2D eigenvalue weighted by atomic mass is 9.89. The van der Waals surface area contributed by atoms with Gasteiger partial charge in [-0.1, -0.05) is 36.4 Å². The summed E-state index contributed by atoms with van der Waals surface area (Å²) in [4.78, 5) is 26.1. The van der Waals surface area contributed by atoms with Crippen LogP contribution in [0, 0.1) is 0 Å². The second kappa shape index (κ2) is 8.82. The van der Waals surface area contributed by atoms with Gasteiger partial charge >= 0.3 is 0 Å². The van der Waals surface area contributed by atoms with Gasteiger partial charge in [-0.25, -0.2) is 0 Å². The molecule has 1 saturated heterocycles. The molecular formula is C25H24N2O3. The van der Waals surface area contributed by atoms with E-state index < -0.39 is 5.91 Å². The molecule has 1 fully saturated rings. The van der Waals surface area contributed by atoms with Gasteiger partial charge in [0.05, 0.1) is 0 Å². The van der Waals surface area contributed by atoms with Gasteiger partial charge in [0.15, 0.2) is 0 Å². The van der Waals surface area contributed by atoms with Crippen molar-refractivity contribution in [3.8, 4) is 11.5 Å². The van der Waals surface area contributed by atoms with E-state index in [0.29, 0.717) is 28.5 Å². The molecule has 2 amide bonds. The topological polar surface area (TPSA) is 72.6 Å². The molecule has 5 heteroatoms. The van der Waals surface area contributed by atoms with Gasteiger partial charge in [0, 0.05) is 24.2 Å². The van der Waals surface area contributed by atoms with Gasteiger partial charge in [-0.05, 0) is 66.8 Å². The van der Waals surface area contributed by atoms with Crippen LogP contribution >= 0.6 is 0 Å². The number of amides is 2. The molecule has 0 atom stereocenters. The molecule has 5 nitrogen and oxygen atoms in total. The molecule has 0 aromatic heterocycles. The zero-order valence-electron chi connectivity index (χ0n) is 16.7. The van der Waals surface area contributed by atoms with Crippen molar-refractivity contribution in [3.63, 3.8) is 0 Å². The summed E-state index contributed by atoms with van der Waals surface area (Å²) in [5.41, 5.74) is 7.64. The highest BCUT2D eigenvalue weighted by atomic mass is 16.5. The summed E-state index contributed by atoms with van der Waals surface area (Å²) in [5, 5.41) is 0. The molecule has 0 aliphatic carbocycles. The smallest absolute Gasteiger partial charge is 0.253 e. The van der Waals surface area contributed by atoms with E-state index in [1.807, 2.05) is 23.1 Å². The number of nitrogens with two attached hydrogens (primary N) is 1. The average molecular weight is 400 g/mol. The second-order valence-corrected chi connectivity index (χ2v) is 7.50. The molecule has 2 N–H and O–H groups in total. The van der Waals surface area contributed by atoms with Crippen molar-refractivity contribution in [2.75, 3.05) is 13.1 Å². The number of likely N-dealkylation sites (tertiary alicyclic amines) is 1. The molecule has 0 spiro atoms. The highest BCUT2D eigenvalue weighted by molar-refractivity contribution is 5.94. The number of piperidine rings is 1. The Hall–Kier alpha value is -3.60. The summed E-state index contributed by atoms with van der Waals surface area (Å²) < 4.78 is 5.84. The van der Waals surface area contributed by atoms with Crippen LogP contribution in [0.1, 0.15) is 45.0 Å². The molecule has 0 unspecified atom stereocenters. The summed E-state index contributed by atoms with van der Waals surface area (Å²) in [7, 11) is 0. The Balaban J connectivity index is 1.40. The number of carbonyl (C=O) groups excluding carboxylic acids is 2. The minimum absolute atomic E-state index is 0.0241. The van der Waals surface area contributed by atoms with Gasteiger partial charge < -0.3 is 15.4 Å². The standard InChI is InChI=1S/C25H24N2O3/c26-24(28)20-9-11-22(12-10-20)30-23-8-4-7-21(17-23)25(29)27-15-13-19(14-16-27)18-5-2-1-3-6-18/h1-12,17,19H,13-16H2,(H2,26,28). The lowest BCUT2D eigenvalue weighted by Crippen LogP contribution is -2.37. The first-order valence-electron chi connectivity index (χ1n) is 10.1. The zero-order chi connectivity index (χ0) is 20.9. The van der Waals surface area contributed by atoms with Crippen LogP contribution in [0.25, 0.3) is 0 Å². The van der Waals surface area contributed by atoms with Crippen molar-refractivity contribution in [1.82, 2.24) is 4.90 Å². The van der Waals surface area contributed by atoms with Crippen molar-refractivity contribution in [3.05, 3.63) is 95.6 Å². The molecule has 0 saturated carbocycles. The van der Waals surface area contributed by atoms with Gasteiger partial charge in [-0.15, -0.1) is 0 Å². The fraction of sp³-hybridized carbons (Fsp3) is 0.200. The Kier molecular flexibility index (Phi) is 5.80. The Morgan fingerprint density at radius 3 is 2.17 bits per heavy atom. The van der Waals surface area contributed by atoms with Crippen molar-refractivity contribution >= 4 is 11.8 Å². The molecule has 4 rings (SSSR count). The number of ether oxygens (including phenoxy) is 1. The molecule has 0 bridgehead atoms. The summed E-state index contributed by atoms with van der Waals surface area (Å²) in [6, 6.07) is 24.3. The lowest BCUT2D eigenvalue weighted by molar-refractivity contribution is 0.0712. The van der Waals surface area contributed by atoms with E-state index in [9.17, 15) is 9.59 Å². The molecular weight excluding hydrogens is 376 g/mol. The Morgan fingerprint density at radius 1 is 0.800 bits per heavy atom. The molecule has 1 aliphatic rings. The predicted molar refractivity (Wildman–Crippen MR) is 116 cm³/mol. The van der Waals surface area contributed by atoms with Gasteiger partial charge in [0.25, 0.3) is 5.91 Å². The van der Waals surface area contributed by atoms with Gasteiger partial charge in [-0.3, -0.25) is 9.59 Å². The zero-order valence-corrected chi connectivity index (χ0v) is 16.7. The maximum atomic E-state index is 13.0. The maximum Gasteiger partial charge on any atom is 0.253 e. The van der Waals surface area contributed by atoms with E-state index in [4.69, 9.17) is 10.5 Å². The number of carbonyl (C=O) groups is 2. The lowest BCUT2D eigenvalue weighted by Gasteiger charge is -2.32. The van der Waals surface area contributed by atoms with Gasteiger partial charge in [-0.2, -0.15) is 0 Å². The van der Waals surface area contributed by atoms with Crippen LogP contribution in [0.4, 0.5) is 0 Å². The van der Waals surface area contributed by atoms with E-state index >= 15 is 0 Å². The van der Waals surface area contributed by atoms with Crippen LogP contribution < -0.4 is 10.5 Å². The molecule has 1 heterocycles. The normalized spacial score (nSPS) is 14.3. The predicted octanol–water partition coefficient (Wildman–Crippen LogP) is 4.60. The number of nitrogens with zero attached hydrogens (tertiary/aromatic N) is 1. The Bertz CT molecular complexity index is 1020. The quantitative estimate of drug-likeness (QED) is 0.680. The first-order valence-corrected chi connectivity index (χ1v) is 10.1. The van der Waals surface area contributed by atoms with Crippen LogP contribution in [0.2, 0.25) is 0 Å². The monoisotopic (exact) mass is 400 g/mol. The Labute approximate surface area is 176 Å². The fourth-order valence-corrected chi connectivity index (χ4v) is 3.84. The SMILES string of the molecule is NC(=O)c1ccc(Oc2cccc(C(=O)N3CCC(c4ccccc4)CC3)c2)cc1. The minimum Gasteiger partial charge on any atom is -0.457 e. The molecule has 1 aliphatic heterocycles. The summed E-state index contributed by atoms with van der Waals surface area (Å²) >= 11 is 0. The number of benzene rings is 3. The third-order valence-corrected chi connectivity index (χ3v) is 5.51. The molecule has 3 aromatic rings. The van der Waals surface area contributed by atoms with Crippen molar-refractivity contribution in [1.29, 1.82) is 0 Å².